The van der Waals surface area contributed by atoms with Crippen molar-refractivity contribution in [3.63, 3.8) is 0 Å². The minimum absolute atomic E-state index is 0.204. The molecule has 0 aliphatic heterocycles. The summed E-state index contributed by atoms with van der Waals surface area (Å²) in [4.78, 5) is 18.3. The molecule has 0 spiro atoms. The normalized spacial score (nSPS) is 9.71. The van der Waals surface area contributed by atoms with Crippen molar-refractivity contribution in [3.8, 4) is 0 Å². The first-order chi connectivity index (χ1) is 6.86. The number of hydrogen-bond donors (Lipinski definition) is 2. The van der Waals surface area contributed by atoms with E-state index >= 15 is 0 Å². The molecule has 2 heterocycles. The molecular weight excluding hydrogens is 178 g/mol. The molecule has 0 radical (unpaired) electrons. The van der Waals surface area contributed by atoms with E-state index in [4.69, 9.17) is 0 Å². The van der Waals surface area contributed by atoms with Gasteiger partial charge >= 0.3 is 0 Å². The van der Waals surface area contributed by atoms with Gasteiger partial charge in [-0.1, -0.05) is 6.07 Å². The van der Waals surface area contributed by atoms with Gasteiger partial charge in [-0.3, -0.25) is 9.78 Å². The number of carbonyl (C=O) groups is 1. The molecule has 1 amide bonds. The summed E-state index contributed by atoms with van der Waals surface area (Å²) in [5.41, 5.74) is 1.15. The van der Waals surface area contributed by atoms with Crippen molar-refractivity contribution in [2.45, 2.75) is 0 Å². The van der Waals surface area contributed by atoms with Crippen LogP contribution in [0.5, 0.6) is 0 Å². The van der Waals surface area contributed by atoms with Crippen LogP contribution in [0, 0.1) is 0 Å². The molecule has 0 bridgehead atoms. The van der Waals surface area contributed by atoms with Gasteiger partial charge < -0.3 is 10.3 Å². The molecule has 2 rings (SSSR count). The summed E-state index contributed by atoms with van der Waals surface area (Å²) in [5.74, 6) is -0.204. The summed E-state index contributed by atoms with van der Waals surface area (Å²) >= 11 is 0. The number of rotatable bonds is 2. The van der Waals surface area contributed by atoms with Crippen LogP contribution >= 0.6 is 0 Å². The highest BCUT2D eigenvalue weighted by Crippen LogP contribution is 2.05. The number of aromatic amines is 1. The second kappa shape index (κ2) is 3.74. The molecular formula is C10H9N3O. The Labute approximate surface area is 81.0 Å². The molecule has 0 fully saturated rings. The van der Waals surface area contributed by atoms with Crippen LogP contribution in [0.15, 0.2) is 42.9 Å². The largest absolute Gasteiger partial charge is 0.366 e. The number of aromatic nitrogens is 2. The van der Waals surface area contributed by atoms with Crippen LogP contribution in [0.4, 0.5) is 5.69 Å². The van der Waals surface area contributed by atoms with E-state index in [1.165, 1.54) is 0 Å². The number of carbonyl (C=O) groups excluding carboxylic acids is 1. The van der Waals surface area contributed by atoms with Crippen LogP contribution in [0.1, 0.15) is 10.5 Å². The fourth-order valence-corrected chi connectivity index (χ4v) is 1.09. The molecule has 0 unspecified atom stereocenters. The summed E-state index contributed by atoms with van der Waals surface area (Å²) in [6, 6.07) is 6.99. The van der Waals surface area contributed by atoms with E-state index in [9.17, 15) is 4.79 Å². The van der Waals surface area contributed by atoms with Gasteiger partial charge in [0.05, 0.1) is 5.69 Å². The maximum Gasteiger partial charge on any atom is 0.274 e. The molecule has 2 aromatic heterocycles. The van der Waals surface area contributed by atoms with E-state index < -0.39 is 0 Å². The summed E-state index contributed by atoms with van der Waals surface area (Å²) in [7, 11) is 0. The van der Waals surface area contributed by atoms with Crippen LogP contribution in [-0.2, 0) is 0 Å². The number of nitrogens with zero attached hydrogens (tertiary/aromatic N) is 1. The molecule has 14 heavy (non-hydrogen) atoms. The smallest absolute Gasteiger partial charge is 0.274 e. The molecule has 0 atom stereocenters. The Balaban J connectivity index is 2.11. The van der Waals surface area contributed by atoms with E-state index in [2.05, 4.69) is 15.3 Å². The second-order valence-corrected chi connectivity index (χ2v) is 2.77. The predicted octanol–water partition coefficient (Wildman–Crippen LogP) is 1.66. The van der Waals surface area contributed by atoms with E-state index in [0.717, 1.165) is 5.69 Å². The van der Waals surface area contributed by atoms with Gasteiger partial charge in [0.2, 0.25) is 0 Å². The molecule has 0 aromatic carbocycles. The number of nitrogens with one attached hydrogen (secondary N) is 2. The molecule has 4 heteroatoms. The topological polar surface area (TPSA) is 57.8 Å². The molecule has 0 saturated carbocycles. The Bertz CT molecular complexity index is 408. The third kappa shape index (κ3) is 1.80. The molecule has 4 nitrogen and oxygen atoms in total. The fraction of sp³-hybridized carbons (Fsp3) is 0. The summed E-state index contributed by atoms with van der Waals surface area (Å²) in [6.07, 6.45) is 5.04. The third-order valence-corrected chi connectivity index (χ3v) is 1.75. The summed E-state index contributed by atoms with van der Waals surface area (Å²) in [6.45, 7) is 0. The van der Waals surface area contributed by atoms with Crippen LogP contribution < -0.4 is 5.32 Å². The third-order valence-electron chi connectivity index (χ3n) is 1.75. The molecule has 70 valence electrons. The zero-order valence-corrected chi connectivity index (χ0v) is 7.40. The quantitative estimate of drug-likeness (QED) is 0.751. The lowest BCUT2D eigenvalue weighted by atomic mass is 10.3. The van der Waals surface area contributed by atoms with Crippen molar-refractivity contribution in [3.05, 3.63) is 48.5 Å². The first kappa shape index (κ1) is 8.50. The standard InChI is InChI=1S/C10H9N3O/c14-10(9-3-1-2-5-12-9)13-8-4-6-11-7-8/h1-7,11H,(H,13,14). The highest BCUT2D eigenvalue weighted by Gasteiger charge is 2.05. The van der Waals surface area contributed by atoms with E-state index in [1.807, 2.05) is 0 Å². The van der Waals surface area contributed by atoms with Crippen molar-refractivity contribution in [2.75, 3.05) is 5.32 Å². The summed E-state index contributed by atoms with van der Waals surface area (Å²) in [5, 5.41) is 2.71. The van der Waals surface area contributed by atoms with Crippen molar-refractivity contribution >= 4 is 11.6 Å². The molecule has 0 aliphatic rings. The van der Waals surface area contributed by atoms with Gasteiger partial charge in [-0.25, -0.2) is 0 Å². The van der Waals surface area contributed by atoms with Gasteiger partial charge in [0, 0.05) is 18.6 Å². The summed E-state index contributed by atoms with van der Waals surface area (Å²) < 4.78 is 0. The van der Waals surface area contributed by atoms with Crippen LogP contribution in [-0.4, -0.2) is 15.9 Å². The maximum absolute atomic E-state index is 11.5. The maximum atomic E-state index is 11.5. The number of hydrogen-bond acceptors (Lipinski definition) is 2. The van der Waals surface area contributed by atoms with Gasteiger partial charge in [-0.2, -0.15) is 0 Å². The first-order valence-corrected chi connectivity index (χ1v) is 4.21. The van der Waals surface area contributed by atoms with Crippen LogP contribution in [0.25, 0.3) is 0 Å². The van der Waals surface area contributed by atoms with Gasteiger partial charge in [-0.15, -0.1) is 0 Å². The SMILES string of the molecule is O=C(Nc1cc[nH]c1)c1ccccn1. The van der Waals surface area contributed by atoms with Crippen molar-refractivity contribution in [2.24, 2.45) is 0 Å². The van der Waals surface area contributed by atoms with Gasteiger partial charge in [0.25, 0.3) is 5.91 Å². The van der Waals surface area contributed by atoms with Crippen molar-refractivity contribution < 1.29 is 4.79 Å². The minimum Gasteiger partial charge on any atom is -0.366 e. The lowest BCUT2D eigenvalue weighted by Gasteiger charge is -2.00. The lowest BCUT2D eigenvalue weighted by Crippen LogP contribution is -2.12. The number of amides is 1. The van der Waals surface area contributed by atoms with Gasteiger partial charge in [0.1, 0.15) is 5.69 Å². The molecule has 0 aliphatic carbocycles. The fourth-order valence-electron chi connectivity index (χ4n) is 1.09. The Morgan fingerprint density at radius 1 is 1.36 bits per heavy atom. The monoisotopic (exact) mass is 187 g/mol. The first-order valence-electron chi connectivity index (χ1n) is 4.21. The lowest BCUT2D eigenvalue weighted by molar-refractivity contribution is 0.102. The van der Waals surface area contributed by atoms with Crippen LogP contribution in [0.3, 0.4) is 0 Å². The van der Waals surface area contributed by atoms with E-state index in [1.54, 1.807) is 42.9 Å². The van der Waals surface area contributed by atoms with E-state index in [0.29, 0.717) is 5.69 Å². The molecule has 2 aromatic rings. The Hall–Kier alpha value is -2.10. The molecule has 2 N–H and O–H groups in total. The Morgan fingerprint density at radius 2 is 2.29 bits per heavy atom. The average Bonchev–Trinajstić information content (AvgIpc) is 2.72. The number of H-pyrrole nitrogens is 1. The average molecular weight is 187 g/mol. The molecule has 0 saturated heterocycles. The number of anilines is 1. The number of pyridine rings is 1. The van der Waals surface area contributed by atoms with Crippen molar-refractivity contribution in [1.29, 1.82) is 0 Å². The zero-order valence-electron chi connectivity index (χ0n) is 7.40. The van der Waals surface area contributed by atoms with Crippen molar-refractivity contribution in [1.82, 2.24) is 9.97 Å². The zero-order chi connectivity index (χ0) is 9.80. The van der Waals surface area contributed by atoms with E-state index in [-0.39, 0.29) is 5.91 Å². The predicted molar refractivity (Wildman–Crippen MR) is 53.0 cm³/mol. The van der Waals surface area contributed by atoms with Gasteiger partial charge in [-0.05, 0) is 18.2 Å². The minimum atomic E-state index is -0.204. The van der Waals surface area contributed by atoms with Crippen LogP contribution in [0.2, 0.25) is 0 Å². The van der Waals surface area contributed by atoms with Gasteiger partial charge in [0.15, 0.2) is 0 Å². The highest BCUT2D eigenvalue weighted by atomic mass is 16.1. The highest BCUT2D eigenvalue weighted by molar-refractivity contribution is 6.02. The Kier molecular flexibility index (Phi) is 2.27. The Morgan fingerprint density at radius 3 is 2.93 bits per heavy atom. The second-order valence-electron chi connectivity index (χ2n) is 2.77.